The number of hydrogen-bond donors (Lipinski definition) is 1. The molecule has 0 fully saturated rings. The SMILES string of the molecule is CCN(CC)Cc1cn2c(n1)CN(C(=O)c1cc(C)on1)CC2.O=C(O)C(F)(F)F. The number of rotatable bonds is 5. The van der Waals surface area contributed by atoms with Crippen LogP contribution in [-0.4, -0.2) is 67.3 Å². The van der Waals surface area contributed by atoms with E-state index in [1.807, 2.05) is 0 Å². The first-order valence-electron chi connectivity index (χ1n) is 9.35. The van der Waals surface area contributed by atoms with E-state index >= 15 is 0 Å². The van der Waals surface area contributed by atoms with Crippen molar-refractivity contribution in [2.45, 2.75) is 46.6 Å². The lowest BCUT2D eigenvalue weighted by atomic mass is 10.3. The fraction of sp³-hybridized carbons (Fsp3) is 0.556. The molecule has 12 heteroatoms. The maximum absolute atomic E-state index is 12.5. The monoisotopic (exact) mass is 431 g/mol. The Balaban J connectivity index is 0.000000396. The number of fused-ring (bicyclic) bond motifs is 1. The van der Waals surface area contributed by atoms with E-state index in [2.05, 4.69) is 34.7 Å². The van der Waals surface area contributed by atoms with Crippen molar-refractivity contribution in [3.8, 4) is 0 Å². The number of carbonyl (C=O) groups excluding carboxylic acids is 1. The zero-order chi connectivity index (χ0) is 22.5. The Bertz CT molecular complexity index is 874. The van der Waals surface area contributed by atoms with Gasteiger partial charge in [-0.05, 0) is 20.0 Å². The third kappa shape index (κ3) is 6.05. The minimum Gasteiger partial charge on any atom is -0.475 e. The standard InChI is InChI=1S/C16H23N5O2.C2HF3O2/c1-4-19(5-2)9-13-10-20-6-7-21(11-15(20)17-13)16(22)14-8-12(3)23-18-14;3-2(4,5)1(6)7/h8,10H,4-7,9,11H2,1-3H3;(H,6,7). The van der Waals surface area contributed by atoms with Crippen LogP contribution in [0.2, 0.25) is 0 Å². The van der Waals surface area contributed by atoms with Crippen molar-refractivity contribution >= 4 is 11.9 Å². The topological polar surface area (TPSA) is 105 Å². The Morgan fingerprint density at radius 1 is 1.27 bits per heavy atom. The third-order valence-corrected chi connectivity index (χ3v) is 4.51. The second kappa shape index (κ2) is 9.74. The summed E-state index contributed by atoms with van der Waals surface area (Å²) in [5.41, 5.74) is 1.43. The maximum Gasteiger partial charge on any atom is 0.490 e. The first-order valence-corrected chi connectivity index (χ1v) is 9.35. The third-order valence-electron chi connectivity index (χ3n) is 4.51. The van der Waals surface area contributed by atoms with Gasteiger partial charge in [-0.3, -0.25) is 9.69 Å². The van der Waals surface area contributed by atoms with Gasteiger partial charge in [0.1, 0.15) is 11.6 Å². The number of carbonyl (C=O) groups is 2. The Labute approximate surface area is 171 Å². The average molecular weight is 431 g/mol. The van der Waals surface area contributed by atoms with E-state index in [0.717, 1.165) is 37.7 Å². The van der Waals surface area contributed by atoms with E-state index in [0.29, 0.717) is 24.5 Å². The molecule has 0 atom stereocenters. The number of imidazole rings is 1. The van der Waals surface area contributed by atoms with Gasteiger partial charge in [-0.15, -0.1) is 0 Å². The van der Waals surface area contributed by atoms with Crippen LogP contribution >= 0.6 is 0 Å². The predicted octanol–water partition coefficient (Wildman–Crippen LogP) is 2.31. The van der Waals surface area contributed by atoms with Gasteiger partial charge in [0, 0.05) is 31.9 Å². The number of alkyl halides is 3. The molecule has 2 aromatic rings. The molecule has 3 rings (SSSR count). The average Bonchev–Trinajstić information content (AvgIpc) is 3.30. The van der Waals surface area contributed by atoms with Crippen molar-refractivity contribution in [3.05, 3.63) is 35.2 Å². The van der Waals surface area contributed by atoms with Crippen molar-refractivity contribution in [2.24, 2.45) is 0 Å². The molecule has 0 unspecified atom stereocenters. The molecule has 0 bridgehead atoms. The summed E-state index contributed by atoms with van der Waals surface area (Å²) >= 11 is 0. The Kier molecular flexibility index (Phi) is 7.59. The maximum atomic E-state index is 12.5. The van der Waals surface area contributed by atoms with E-state index in [9.17, 15) is 18.0 Å². The Morgan fingerprint density at radius 3 is 2.40 bits per heavy atom. The summed E-state index contributed by atoms with van der Waals surface area (Å²) in [7, 11) is 0. The highest BCUT2D eigenvalue weighted by atomic mass is 19.4. The summed E-state index contributed by atoms with van der Waals surface area (Å²) in [5, 5.41) is 10.9. The van der Waals surface area contributed by atoms with Gasteiger partial charge >= 0.3 is 12.1 Å². The largest absolute Gasteiger partial charge is 0.490 e. The molecular formula is C18H24F3N5O4. The van der Waals surface area contributed by atoms with Gasteiger partial charge < -0.3 is 19.1 Å². The Morgan fingerprint density at radius 2 is 1.90 bits per heavy atom. The molecule has 1 N–H and O–H groups in total. The zero-order valence-corrected chi connectivity index (χ0v) is 16.9. The van der Waals surface area contributed by atoms with Crippen molar-refractivity contribution in [1.82, 2.24) is 24.5 Å². The van der Waals surface area contributed by atoms with E-state index in [1.54, 1.807) is 17.9 Å². The van der Waals surface area contributed by atoms with Crippen molar-refractivity contribution < 1.29 is 32.4 Å². The number of aliphatic carboxylic acids is 1. The highest BCUT2D eigenvalue weighted by Crippen LogP contribution is 2.17. The molecule has 1 aliphatic rings. The quantitative estimate of drug-likeness (QED) is 0.775. The number of aromatic nitrogens is 3. The number of nitrogens with zero attached hydrogens (tertiary/aromatic N) is 5. The second-order valence-corrected chi connectivity index (χ2v) is 6.66. The molecule has 1 amide bonds. The molecule has 9 nitrogen and oxygen atoms in total. The number of amides is 1. The van der Waals surface area contributed by atoms with Crippen LogP contribution in [0.5, 0.6) is 0 Å². The zero-order valence-electron chi connectivity index (χ0n) is 16.9. The summed E-state index contributed by atoms with van der Waals surface area (Å²) in [6, 6.07) is 1.68. The van der Waals surface area contributed by atoms with Gasteiger partial charge in [0.15, 0.2) is 5.69 Å². The van der Waals surface area contributed by atoms with Crippen molar-refractivity contribution in [2.75, 3.05) is 19.6 Å². The van der Waals surface area contributed by atoms with Crippen LogP contribution in [0.25, 0.3) is 0 Å². The van der Waals surface area contributed by atoms with Crippen LogP contribution in [0.1, 0.15) is 41.6 Å². The van der Waals surface area contributed by atoms with Gasteiger partial charge in [0.2, 0.25) is 0 Å². The molecule has 0 saturated carbocycles. The van der Waals surface area contributed by atoms with E-state index in [1.165, 1.54) is 0 Å². The number of aryl methyl sites for hydroxylation is 1. The van der Waals surface area contributed by atoms with Crippen LogP contribution in [0, 0.1) is 6.92 Å². The Hall–Kier alpha value is -2.89. The van der Waals surface area contributed by atoms with Crippen LogP contribution in [0.15, 0.2) is 16.8 Å². The minimum atomic E-state index is -5.08. The lowest BCUT2D eigenvalue weighted by molar-refractivity contribution is -0.192. The molecule has 3 heterocycles. The molecular weight excluding hydrogens is 407 g/mol. The summed E-state index contributed by atoms with van der Waals surface area (Å²) in [4.78, 5) is 30.2. The number of carboxylic acids is 1. The molecule has 2 aromatic heterocycles. The predicted molar refractivity (Wildman–Crippen MR) is 98.5 cm³/mol. The second-order valence-electron chi connectivity index (χ2n) is 6.66. The molecule has 0 saturated heterocycles. The van der Waals surface area contributed by atoms with E-state index < -0.39 is 12.1 Å². The summed E-state index contributed by atoms with van der Waals surface area (Å²) < 4.78 is 38.9. The van der Waals surface area contributed by atoms with Gasteiger partial charge in [-0.25, -0.2) is 9.78 Å². The molecule has 0 spiro atoms. The normalized spacial score (nSPS) is 13.6. The van der Waals surface area contributed by atoms with Gasteiger partial charge in [-0.2, -0.15) is 13.2 Å². The fourth-order valence-electron chi connectivity index (χ4n) is 2.87. The van der Waals surface area contributed by atoms with Crippen molar-refractivity contribution in [1.29, 1.82) is 0 Å². The fourth-order valence-corrected chi connectivity index (χ4v) is 2.87. The van der Waals surface area contributed by atoms with Crippen LogP contribution in [0.4, 0.5) is 13.2 Å². The van der Waals surface area contributed by atoms with E-state index in [-0.39, 0.29) is 5.91 Å². The summed E-state index contributed by atoms with van der Waals surface area (Å²) in [6.07, 6.45) is -2.98. The number of halogens is 3. The first kappa shape index (κ1) is 23.4. The van der Waals surface area contributed by atoms with Gasteiger partial charge in [0.25, 0.3) is 5.91 Å². The lowest BCUT2D eigenvalue weighted by Gasteiger charge is -2.26. The van der Waals surface area contributed by atoms with Crippen molar-refractivity contribution in [3.63, 3.8) is 0 Å². The van der Waals surface area contributed by atoms with Gasteiger partial charge in [0.05, 0.1) is 12.2 Å². The molecule has 1 aliphatic heterocycles. The van der Waals surface area contributed by atoms with Crippen LogP contribution in [-0.2, 0) is 24.4 Å². The van der Waals surface area contributed by atoms with Crippen LogP contribution in [0.3, 0.4) is 0 Å². The van der Waals surface area contributed by atoms with Gasteiger partial charge in [-0.1, -0.05) is 19.0 Å². The van der Waals surface area contributed by atoms with E-state index in [4.69, 9.17) is 19.4 Å². The summed E-state index contributed by atoms with van der Waals surface area (Å²) in [6.45, 7) is 10.9. The number of hydrogen-bond acceptors (Lipinski definition) is 6. The molecule has 0 aliphatic carbocycles. The van der Waals surface area contributed by atoms with Crippen LogP contribution < -0.4 is 0 Å². The molecule has 0 radical (unpaired) electrons. The molecule has 30 heavy (non-hydrogen) atoms. The minimum absolute atomic E-state index is 0.0959. The summed E-state index contributed by atoms with van der Waals surface area (Å²) in [5.74, 6) is -1.27. The highest BCUT2D eigenvalue weighted by molar-refractivity contribution is 5.92. The smallest absolute Gasteiger partial charge is 0.475 e. The lowest BCUT2D eigenvalue weighted by Crippen LogP contribution is -2.38. The molecule has 166 valence electrons. The molecule has 0 aromatic carbocycles. The first-order chi connectivity index (χ1) is 14.0. The highest BCUT2D eigenvalue weighted by Gasteiger charge is 2.38. The number of carboxylic acid groups (broad SMARTS) is 1.